The Morgan fingerprint density at radius 1 is 0.473 bits per heavy atom. The van der Waals surface area contributed by atoms with Crippen molar-refractivity contribution in [2.75, 3.05) is 5.73 Å². The standard InChI is InChI=1S/C40H33N.C7H8.C6H7N/c1-29-16-19-33(20-17-29)38-27-26-32-12-8-9-15-37(32)40(38)35-24-22-31(23-25-35)36(21-18-30-10-4-2-5-11-30)28-39(41)34-13-6-3-7-14-34;1-7-5-3-2-4-6-7;7-6-4-2-1-3-5-6/h2-17,19-28H,18,41H2,1H3;2-6H,1H3;1-5H,7H2/b36-21+,39-28-;;. The van der Waals surface area contributed by atoms with Gasteiger partial charge in [-0.2, -0.15) is 0 Å². The molecule has 0 bridgehead atoms. The van der Waals surface area contributed by atoms with Crippen LogP contribution in [0.4, 0.5) is 5.69 Å². The van der Waals surface area contributed by atoms with Crippen molar-refractivity contribution >= 4 is 27.7 Å². The van der Waals surface area contributed by atoms with Gasteiger partial charge in [0.15, 0.2) is 0 Å². The molecule has 0 fully saturated rings. The molecule has 8 aromatic carbocycles. The van der Waals surface area contributed by atoms with E-state index < -0.39 is 0 Å². The molecule has 0 saturated carbocycles. The predicted octanol–water partition coefficient (Wildman–Crippen LogP) is 13.4. The van der Waals surface area contributed by atoms with Gasteiger partial charge in [0, 0.05) is 11.4 Å². The van der Waals surface area contributed by atoms with Gasteiger partial charge in [0.2, 0.25) is 0 Å². The Labute approximate surface area is 326 Å². The highest BCUT2D eigenvalue weighted by molar-refractivity contribution is 6.04. The minimum absolute atomic E-state index is 0.754. The van der Waals surface area contributed by atoms with E-state index in [2.05, 4.69) is 166 Å². The van der Waals surface area contributed by atoms with Gasteiger partial charge in [0.05, 0.1) is 0 Å². The number of fused-ring (bicyclic) bond motifs is 1. The first-order valence-electron chi connectivity index (χ1n) is 18.7. The summed E-state index contributed by atoms with van der Waals surface area (Å²) in [6.07, 6.45) is 5.20. The van der Waals surface area contributed by atoms with Crippen LogP contribution >= 0.6 is 0 Å². The van der Waals surface area contributed by atoms with Gasteiger partial charge in [-0.15, -0.1) is 0 Å². The van der Waals surface area contributed by atoms with Crippen molar-refractivity contribution < 1.29 is 0 Å². The number of anilines is 1. The van der Waals surface area contributed by atoms with Crippen LogP contribution in [-0.4, -0.2) is 0 Å². The molecule has 0 aliphatic rings. The largest absolute Gasteiger partial charge is 0.399 e. The summed E-state index contributed by atoms with van der Waals surface area (Å²) in [7, 11) is 0. The lowest BCUT2D eigenvalue weighted by Crippen LogP contribution is -1.97. The predicted molar refractivity (Wildman–Crippen MR) is 238 cm³/mol. The van der Waals surface area contributed by atoms with E-state index in [9.17, 15) is 0 Å². The number of rotatable bonds is 7. The maximum atomic E-state index is 6.60. The SMILES string of the molecule is Cc1ccc(-c2ccc3ccccc3c2-c2ccc(C(/C=C(\N)c3ccccc3)=C/Cc3ccccc3)cc2)cc1.Cc1ccccc1.Nc1ccccc1. The third-order valence-electron chi connectivity index (χ3n) is 9.36. The minimum atomic E-state index is 0.754. The molecule has 0 heterocycles. The molecule has 0 spiro atoms. The number of nitrogen functional groups attached to an aromatic ring is 1. The molecule has 0 aromatic heterocycles. The molecule has 0 aliphatic heterocycles. The summed E-state index contributed by atoms with van der Waals surface area (Å²) < 4.78 is 0. The van der Waals surface area contributed by atoms with Crippen LogP contribution < -0.4 is 11.5 Å². The van der Waals surface area contributed by atoms with E-state index in [1.165, 1.54) is 49.7 Å². The smallest absolute Gasteiger partial charge is 0.0393 e. The second-order valence-corrected chi connectivity index (χ2v) is 13.5. The number of nitrogens with two attached hydrogens (primary N) is 2. The molecular weight excluding hydrogens is 665 g/mol. The normalized spacial score (nSPS) is 11.2. The first kappa shape index (κ1) is 37.8. The molecule has 2 heteroatoms. The number of hydrogen-bond donors (Lipinski definition) is 2. The molecule has 4 N–H and O–H groups in total. The van der Waals surface area contributed by atoms with E-state index in [4.69, 9.17) is 11.5 Å². The van der Waals surface area contributed by atoms with Crippen molar-refractivity contribution in [3.05, 3.63) is 246 Å². The van der Waals surface area contributed by atoms with Crippen molar-refractivity contribution in [3.8, 4) is 22.3 Å². The lowest BCUT2D eigenvalue weighted by atomic mass is 9.88. The van der Waals surface area contributed by atoms with Crippen LogP contribution in [0.5, 0.6) is 0 Å². The Balaban J connectivity index is 0.000000307. The first-order valence-corrected chi connectivity index (χ1v) is 18.7. The molecule has 8 aromatic rings. The topological polar surface area (TPSA) is 52.0 Å². The summed E-state index contributed by atoms with van der Waals surface area (Å²) in [5, 5.41) is 2.50. The van der Waals surface area contributed by atoms with Crippen LogP contribution in [0.1, 0.15) is 27.8 Å². The summed E-state index contributed by atoms with van der Waals surface area (Å²) in [6.45, 7) is 4.21. The Hall–Kier alpha value is -6.90. The molecule has 2 nitrogen and oxygen atoms in total. The number of benzene rings is 8. The van der Waals surface area contributed by atoms with E-state index in [1.807, 2.05) is 66.7 Å². The van der Waals surface area contributed by atoms with Gasteiger partial charge in [-0.1, -0.05) is 211 Å². The molecule has 0 radical (unpaired) electrons. The Bertz CT molecular complexity index is 2390. The fourth-order valence-electron chi connectivity index (χ4n) is 6.36. The van der Waals surface area contributed by atoms with E-state index in [1.54, 1.807) is 0 Å². The van der Waals surface area contributed by atoms with Crippen molar-refractivity contribution in [3.63, 3.8) is 0 Å². The van der Waals surface area contributed by atoms with Crippen LogP contribution in [0, 0.1) is 13.8 Å². The lowest BCUT2D eigenvalue weighted by molar-refractivity contribution is 1.27. The third kappa shape index (κ3) is 10.8. The number of para-hydroxylation sites is 1. The molecule has 0 unspecified atom stereocenters. The van der Waals surface area contributed by atoms with Crippen molar-refractivity contribution in [1.29, 1.82) is 0 Å². The fraction of sp³-hybridized carbons (Fsp3) is 0.0566. The zero-order chi connectivity index (χ0) is 38.2. The molecule has 0 aliphatic carbocycles. The second-order valence-electron chi connectivity index (χ2n) is 13.5. The van der Waals surface area contributed by atoms with E-state index >= 15 is 0 Å². The minimum Gasteiger partial charge on any atom is -0.399 e. The van der Waals surface area contributed by atoms with Gasteiger partial charge in [0.1, 0.15) is 0 Å². The van der Waals surface area contributed by atoms with Gasteiger partial charge >= 0.3 is 0 Å². The Morgan fingerprint density at radius 2 is 1.00 bits per heavy atom. The van der Waals surface area contributed by atoms with Gasteiger partial charge in [-0.3, -0.25) is 0 Å². The van der Waals surface area contributed by atoms with Gasteiger partial charge in [-0.25, -0.2) is 0 Å². The average Bonchev–Trinajstić information content (AvgIpc) is 3.24. The van der Waals surface area contributed by atoms with Crippen LogP contribution in [-0.2, 0) is 6.42 Å². The quantitative estimate of drug-likeness (QED) is 0.128. The maximum absolute atomic E-state index is 6.60. The highest BCUT2D eigenvalue weighted by Crippen LogP contribution is 2.39. The summed E-state index contributed by atoms with van der Waals surface area (Å²) in [4.78, 5) is 0. The molecule has 8 rings (SSSR count). The van der Waals surface area contributed by atoms with Crippen molar-refractivity contribution in [2.24, 2.45) is 5.73 Å². The molecular formula is C53H48N2. The molecule has 0 atom stereocenters. The van der Waals surface area contributed by atoms with Crippen LogP contribution in [0.15, 0.2) is 218 Å². The summed E-state index contributed by atoms with van der Waals surface area (Å²) in [5.74, 6) is 0. The highest BCUT2D eigenvalue weighted by Gasteiger charge is 2.13. The summed E-state index contributed by atoms with van der Waals surface area (Å²) in [5.41, 5.74) is 25.6. The highest BCUT2D eigenvalue weighted by atomic mass is 14.6. The monoisotopic (exact) mass is 712 g/mol. The van der Waals surface area contributed by atoms with Crippen LogP contribution in [0.2, 0.25) is 0 Å². The van der Waals surface area contributed by atoms with Crippen molar-refractivity contribution in [1.82, 2.24) is 0 Å². The fourth-order valence-corrected chi connectivity index (χ4v) is 6.36. The van der Waals surface area contributed by atoms with E-state index in [0.717, 1.165) is 34.5 Å². The average molecular weight is 713 g/mol. The van der Waals surface area contributed by atoms with Crippen molar-refractivity contribution in [2.45, 2.75) is 20.3 Å². The molecule has 0 saturated heterocycles. The van der Waals surface area contributed by atoms with E-state index in [0.29, 0.717) is 0 Å². The maximum Gasteiger partial charge on any atom is 0.0393 e. The molecule has 55 heavy (non-hydrogen) atoms. The first-order chi connectivity index (χ1) is 26.9. The zero-order valence-corrected chi connectivity index (χ0v) is 31.6. The number of hydrogen-bond acceptors (Lipinski definition) is 2. The number of aryl methyl sites for hydroxylation is 2. The van der Waals surface area contributed by atoms with Crippen LogP contribution in [0.25, 0.3) is 44.3 Å². The Morgan fingerprint density at radius 3 is 1.58 bits per heavy atom. The number of allylic oxidation sites excluding steroid dienone is 3. The van der Waals surface area contributed by atoms with E-state index in [-0.39, 0.29) is 0 Å². The zero-order valence-electron chi connectivity index (χ0n) is 31.6. The molecule has 270 valence electrons. The van der Waals surface area contributed by atoms with Gasteiger partial charge < -0.3 is 11.5 Å². The summed E-state index contributed by atoms with van der Waals surface area (Å²) in [6, 6.07) is 71.3. The van der Waals surface area contributed by atoms with Crippen LogP contribution in [0.3, 0.4) is 0 Å². The summed E-state index contributed by atoms with van der Waals surface area (Å²) >= 11 is 0. The van der Waals surface area contributed by atoms with Gasteiger partial charge in [0.25, 0.3) is 0 Å². The molecule has 0 amide bonds. The third-order valence-corrected chi connectivity index (χ3v) is 9.36. The Kier molecular flexibility index (Phi) is 13.2. The van der Waals surface area contributed by atoms with Gasteiger partial charge in [-0.05, 0) is 93.8 Å². The second kappa shape index (κ2) is 19.3. The lowest BCUT2D eigenvalue weighted by Gasteiger charge is -2.15.